The van der Waals surface area contributed by atoms with E-state index in [-0.39, 0.29) is 11.9 Å². The molecule has 7 nitrogen and oxygen atoms in total. The Kier molecular flexibility index (Phi) is 5.06. The molecule has 1 saturated heterocycles. The van der Waals surface area contributed by atoms with E-state index in [4.69, 9.17) is 4.74 Å². The van der Waals surface area contributed by atoms with Gasteiger partial charge in [-0.3, -0.25) is 9.69 Å². The average Bonchev–Trinajstić information content (AvgIpc) is 3.32. The third kappa shape index (κ3) is 3.43. The number of hydrogen-bond acceptors (Lipinski definition) is 6. The Labute approximate surface area is 180 Å². The summed E-state index contributed by atoms with van der Waals surface area (Å²) < 4.78 is 5.96. The van der Waals surface area contributed by atoms with E-state index in [9.17, 15) is 20.1 Å². The molecule has 0 spiro atoms. The van der Waals surface area contributed by atoms with Crippen molar-refractivity contribution in [2.24, 2.45) is 0 Å². The van der Waals surface area contributed by atoms with Crippen LogP contribution in [-0.4, -0.2) is 63.6 Å². The predicted octanol–water partition coefficient (Wildman–Crippen LogP) is 1.37. The maximum Gasteiger partial charge on any atom is 0.260 e. The number of anilines is 1. The number of carbonyl (C=O) groups excluding carboxylic acids is 1. The fourth-order valence-corrected chi connectivity index (χ4v) is 4.73. The molecule has 3 heterocycles. The molecule has 0 saturated carbocycles. The Balaban J connectivity index is 1.36. The number of benzene rings is 2. The Bertz CT molecular complexity index is 1070. The largest absolute Gasteiger partial charge is 0.487 e. The van der Waals surface area contributed by atoms with Crippen LogP contribution >= 0.6 is 0 Å². The van der Waals surface area contributed by atoms with E-state index in [1.54, 1.807) is 0 Å². The van der Waals surface area contributed by atoms with Crippen molar-refractivity contribution in [1.82, 2.24) is 4.90 Å². The Morgan fingerprint density at radius 1 is 1.10 bits per heavy atom. The van der Waals surface area contributed by atoms with E-state index in [0.717, 1.165) is 34.4 Å². The first kappa shape index (κ1) is 20.2. The maximum absolute atomic E-state index is 12.6. The summed E-state index contributed by atoms with van der Waals surface area (Å²) >= 11 is 0. The molecule has 3 aliphatic heterocycles. The number of amides is 1. The summed E-state index contributed by atoms with van der Waals surface area (Å²) in [6.45, 7) is 3.27. The van der Waals surface area contributed by atoms with Gasteiger partial charge < -0.3 is 25.4 Å². The van der Waals surface area contributed by atoms with E-state index in [0.29, 0.717) is 31.0 Å². The topological polar surface area (TPSA) is 102 Å². The minimum atomic E-state index is -1.10. The van der Waals surface area contributed by atoms with E-state index < -0.39 is 18.3 Å². The molecule has 0 radical (unpaired) electrons. The number of para-hydroxylation sites is 1. The van der Waals surface area contributed by atoms with Crippen molar-refractivity contribution in [2.75, 3.05) is 18.4 Å². The smallest absolute Gasteiger partial charge is 0.260 e. The number of carbonyl (C=O) groups is 1. The molecule has 1 amide bonds. The summed E-state index contributed by atoms with van der Waals surface area (Å²) in [7, 11) is 0. The monoisotopic (exact) mass is 422 g/mol. The summed E-state index contributed by atoms with van der Waals surface area (Å²) in [4.78, 5) is 14.6. The van der Waals surface area contributed by atoms with Gasteiger partial charge in [0.15, 0.2) is 0 Å². The zero-order chi connectivity index (χ0) is 21.7. The van der Waals surface area contributed by atoms with Crippen molar-refractivity contribution in [2.45, 2.75) is 44.3 Å². The number of aliphatic hydroxyl groups is 3. The first-order valence-electron chi connectivity index (χ1n) is 10.6. The molecule has 0 aliphatic carbocycles. The van der Waals surface area contributed by atoms with Crippen LogP contribution in [0.3, 0.4) is 0 Å². The van der Waals surface area contributed by atoms with Crippen LogP contribution in [0, 0.1) is 0 Å². The summed E-state index contributed by atoms with van der Waals surface area (Å²) in [5.41, 5.74) is 5.33. The maximum atomic E-state index is 12.6. The van der Waals surface area contributed by atoms with Gasteiger partial charge in [-0.1, -0.05) is 36.4 Å². The van der Waals surface area contributed by atoms with Gasteiger partial charge in [-0.25, -0.2) is 0 Å². The van der Waals surface area contributed by atoms with Gasteiger partial charge in [0.2, 0.25) is 0 Å². The number of rotatable bonds is 3. The van der Waals surface area contributed by atoms with Crippen molar-refractivity contribution in [3.05, 3.63) is 64.7 Å². The van der Waals surface area contributed by atoms with Gasteiger partial charge in [0.25, 0.3) is 5.91 Å². The molecular weight excluding hydrogens is 396 g/mol. The van der Waals surface area contributed by atoms with Crippen molar-refractivity contribution in [3.8, 4) is 0 Å². The quantitative estimate of drug-likeness (QED) is 0.558. The van der Waals surface area contributed by atoms with Gasteiger partial charge in [0.1, 0.15) is 18.5 Å². The minimum absolute atomic E-state index is 0.147. The van der Waals surface area contributed by atoms with Crippen LogP contribution in [-0.2, 0) is 22.6 Å². The third-order valence-electron chi connectivity index (χ3n) is 6.61. The lowest BCUT2D eigenvalue weighted by Gasteiger charge is -2.42. The molecule has 0 unspecified atom stereocenters. The minimum Gasteiger partial charge on any atom is -0.487 e. The fraction of sp³-hybridized carbons (Fsp3) is 0.375. The molecule has 3 aliphatic rings. The number of likely N-dealkylation sites (tertiary alicyclic amines) is 1. The molecule has 2 aromatic rings. The van der Waals surface area contributed by atoms with Crippen molar-refractivity contribution in [1.29, 1.82) is 0 Å². The Hall–Kier alpha value is -2.71. The van der Waals surface area contributed by atoms with Gasteiger partial charge >= 0.3 is 0 Å². The van der Waals surface area contributed by atoms with Crippen LogP contribution in [0.15, 0.2) is 42.5 Å². The number of hydrogen-bond donors (Lipinski definition) is 4. The molecule has 7 heteroatoms. The summed E-state index contributed by atoms with van der Waals surface area (Å²) in [5, 5.41) is 32.9. The summed E-state index contributed by atoms with van der Waals surface area (Å²) in [6.07, 6.45) is -2.28. The molecule has 31 heavy (non-hydrogen) atoms. The number of nitrogens with one attached hydrogen (secondary N) is 1. The number of aliphatic hydroxyl groups excluding tert-OH is 3. The lowest BCUT2D eigenvalue weighted by atomic mass is 9.94. The third-order valence-corrected chi connectivity index (χ3v) is 6.61. The number of nitrogens with zero attached hydrogens (tertiary/aromatic N) is 1. The summed E-state index contributed by atoms with van der Waals surface area (Å²) in [6, 6.07) is 13.5. The Morgan fingerprint density at radius 2 is 1.90 bits per heavy atom. The second-order valence-electron chi connectivity index (χ2n) is 8.52. The molecule has 162 valence electrons. The van der Waals surface area contributed by atoms with Crippen LogP contribution < -0.4 is 5.32 Å². The van der Waals surface area contributed by atoms with Crippen molar-refractivity contribution < 1.29 is 24.9 Å². The zero-order valence-electron chi connectivity index (χ0n) is 17.3. The molecule has 4 N–H and O–H groups in total. The van der Waals surface area contributed by atoms with E-state index in [1.807, 2.05) is 48.2 Å². The van der Waals surface area contributed by atoms with E-state index in [2.05, 4.69) is 11.4 Å². The number of fused-ring (bicyclic) bond motifs is 2. The second kappa shape index (κ2) is 7.76. The molecule has 0 bridgehead atoms. The van der Waals surface area contributed by atoms with Crippen LogP contribution in [0.25, 0.3) is 11.3 Å². The number of β-amino-alcohol motifs (C(OH)–C–C–N with tert-alkyl or cyclic N) is 1. The Morgan fingerprint density at radius 3 is 2.74 bits per heavy atom. The highest BCUT2D eigenvalue weighted by Gasteiger charge is 2.38. The van der Waals surface area contributed by atoms with Gasteiger partial charge in [-0.2, -0.15) is 0 Å². The second-order valence-corrected chi connectivity index (χ2v) is 8.52. The van der Waals surface area contributed by atoms with Crippen molar-refractivity contribution >= 4 is 22.9 Å². The number of piperidine rings is 1. The first-order valence-corrected chi connectivity index (χ1v) is 10.6. The summed E-state index contributed by atoms with van der Waals surface area (Å²) in [5.74, 6) is 0.473. The number of ether oxygens (including phenoxy) is 1. The lowest BCUT2D eigenvalue weighted by molar-refractivity contribution is -0.132. The van der Waals surface area contributed by atoms with Crippen LogP contribution in [0.1, 0.15) is 29.2 Å². The van der Waals surface area contributed by atoms with Crippen molar-refractivity contribution in [3.63, 3.8) is 0 Å². The van der Waals surface area contributed by atoms with Gasteiger partial charge in [0, 0.05) is 41.5 Å². The SMILES string of the molecule is C[C@H]1[C@@H](O)[C@@H](O)[C@H](O)CN1CCc1ccc2c(c1)COC2=C1C(=O)Nc2ccccc21. The fourth-order valence-electron chi connectivity index (χ4n) is 4.73. The highest BCUT2D eigenvalue weighted by atomic mass is 16.5. The van der Waals surface area contributed by atoms with Crippen LogP contribution in [0.2, 0.25) is 0 Å². The normalized spacial score (nSPS) is 30.0. The molecule has 4 atom stereocenters. The van der Waals surface area contributed by atoms with E-state index in [1.165, 1.54) is 0 Å². The van der Waals surface area contributed by atoms with Gasteiger partial charge in [-0.15, -0.1) is 0 Å². The molecule has 0 aromatic heterocycles. The predicted molar refractivity (Wildman–Crippen MR) is 116 cm³/mol. The molecule has 2 aromatic carbocycles. The zero-order valence-corrected chi connectivity index (χ0v) is 17.3. The lowest BCUT2D eigenvalue weighted by Crippen LogP contribution is -2.60. The van der Waals surface area contributed by atoms with Gasteiger partial charge in [-0.05, 0) is 25.0 Å². The molecule has 1 fully saturated rings. The average molecular weight is 422 g/mol. The first-order chi connectivity index (χ1) is 14.9. The molecule has 5 rings (SSSR count). The van der Waals surface area contributed by atoms with Crippen LogP contribution in [0.4, 0.5) is 5.69 Å². The van der Waals surface area contributed by atoms with Crippen LogP contribution in [0.5, 0.6) is 0 Å². The van der Waals surface area contributed by atoms with E-state index >= 15 is 0 Å². The standard InChI is InChI=1S/C24H26N2O5/c1-13-21(28)22(29)19(27)11-26(13)9-8-14-6-7-16-15(10-14)12-31-23(16)20-17-4-2-3-5-18(17)25-24(20)30/h2-7,10,13,19,21-22,27-29H,8-9,11-12H2,1H3,(H,25,30)/t13-,19+,21+,22-/m0/s1. The van der Waals surface area contributed by atoms with Gasteiger partial charge in [0.05, 0.1) is 17.8 Å². The highest BCUT2D eigenvalue weighted by molar-refractivity contribution is 6.36. The molecular formula is C24H26N2O5. The highest BCUT2D eigenvalue weighted by Crippen LogP contribution is 2.41.